The highest BCUT2D eigenvalue weighted by Crippen LogP contribution is 2.79. The topological polar surface area (TPSA) is 65.1 Å². The van der Waals surface area contributed by atoms with Crippen molar-refractivity contribution in [2.24, 2.45) is 5.41 Å². The summed E-state index contributed by atoms with van der Waals surface area (Å²) in [6.45, 7) is 15.9. The van der Waals surface area contributed by atoms with Crippen LogP contribution in [0.15, 0.2) is 24.3 Å². The average Bonchev–Trinajstić information content (AvgIpc) is 3.33. The number of carbonyl (C=O) groups excluding carboxylic acids is 2. The Morgan fingerprint density at radius 1 is 1.23 bits per heavy atom. The number of methoxy groups -OCH3 is 1. The molecule has 2 heterocycles. The molecule has 1 amide bonds. The first-order chi connectivity index (χ1) is 14.4. The Kier molecular flexibility index (Phi) is 4.92. The first-order valence-corrected chi connectivity index (χ1v) is 14.2. The molecule has 0 spiro atoms. The van der Waals surface area contributed by atoms with Gasteiger partial charge in [-0.1, -0.05) is 45.0 Å². The van der Waals surface area contributed by atoms with Gasteiger partial charge >= 0.3 is 0 Å². The predicted molar refractivity (Wildman–Crippen MR) is 120 cm³/mol. The highest BCUT2D eigenvalue weighted by Gasteiger charge is 2.94. The zero-order chi connectivity index (χ0) is 23.0. The Morgan fingerprint density at radius 3 is 2.39 bits per heavy atom. The van der Waals surface area contributed by atoms with E-state index in [1.807, 2.05) is 36.9 Å². The van der Waals surface area contributed by atoms with Gasteiger partial charge in [-0.15, -0.1) is 0 Å². The number of ether oxygens (including phenoxy) is 2. The summed E-state index contributed by atoms with van der Waals surface area (Å²) >= 11 is 0. The molecule has 2 fully saturated rings. The lowest BCUT2D eigenvalue weighted by Gasteiger charge is -2.41. The van der Waals surface area contributed by atoms with Crippen LogP contribution in [-0.4, -0.2) is 56.8 Å². The maximum absolute atomic E-state index is 14.1. The van der Waals surface area contributed by atoms with Gasteiger partial charge in [0.25, 0.3) is 0 Å². The van der Waals surface area contributed by atoms with Crippen LogP contribution in [0, 0.1) is 5.41 Å². The number of benzene rings is 1. The van der Waals surface area contributed by atoms with E-state index in [0.717, 1.165) is 0 Å². The molecule has 7 heteroatoms. The molecule has 0 unspecified atom stereocenters. The largest absolute Gasteiger partial charge is 0.407 e. The predicted octanol–water partition coefficient (Wildman–Crippen LogP) is 4.10. The van der Waals surface area contributed by atoms with E-state index in [1.54, 1.807) is 13.2 Å². The molecule has 2 aliphatic heterocycles. The maximum Gasteiger partial charge on any atom is 0.237 e. The van der Waals surface area contributed by atoms with Crippen LogP contribution in [0.5, 0.6) is 0 Å². The smallest absolute Gasteiger partial charge is 0.237 e. The summed E-state index contributed by atoms with van der Waals surface area (Å²) in [4.78, 5) is 29.6. The zero-order valence-electron chi connectivity index (χ0n) is 20.0. The van der Waals surface area contributed by atoms with Gasteiger partial charge in [-0.05, 0) is 32.0 Å². The van der Waals surface area contributed by atoms with Crippen LogP contribution in [0.1, 0.15) is 57.0 Å². The minimum atomic E-state index is -2.35. The Morgan fingerprint density at radius 2 is 1.84 bits per heavy atom. The third-order valence-electron chi connectivity index (χ3n) is 8.13. The molecular formula is C24H35NO5Si. The first-order valence-electron chi connectivity index (χ1n) is 11.3. The quantitative estimate of drug-likeness (QED) is 0.617. The molecule has 3 aliphatic rings. The molecule has 1 aromatic carbocycles. The summed E-state index contributed by atoms with van der Waals surface area (Å²) in [5.41, 5.74) is -0.888. The summed E-state index contributed by atoms with van der Waals surface area (Å²) in [7, 11) is -0.775. The summed E-state index contributed by atoms with van der Waals surface area (Å²) in [6, 6.07) is 7.37. The van der Waals surface area contributed by atoms with Gasteiger partial charge in [-0.3, -0.25) is 9.59 Å². The van der Waals surface area contributed by atoms with Gasteiger partial charge in [0.05, 0.1) is 0 Å². The molecule has 1 saturated heterocycles. The van der Waals surface area contributed by atoms with Gasteiger partial charge in [-0.25, -0.2) is 0 Å². The van der Waals surface area contributed by atoms with Crippen molar-refractivity contribution < 1.29 is 23.5 Å². The van der Waals surface area contributed by atoms with E-state index in [-0.39, 0.29) is 16.7 Å². The molecule has 0 N–H and O–H groups in total. The highest BCUT2D eigenvalue weighted by atomic mass is 28.4. The average molecular weight is 446 g/mol. The monoisotopic (exact) mass is 445 g/mol. The van der Waals surface area contributed by atoms with Crippen molar-refractivity contribution in [1.29, 1.82) is 0 Å². The Hall–Kier alpha value is -1.54. The van der Waals surface area contributed by atoms with Crippen molar-refractivity contribution in [3.05, 3.63) is 35.4 Å². The summed E-state index contributed by atoms with van der Waals surface area (Å²) in [6.07, 6.45) is -0.420. The standard InChI is InChI=1S/C24H35NO5Si/c1-9-25(10-2)20(27)22-15-23(22,30-31(7,8)21(3,4)5)19-18(26)16-13-11-12-14-17(16)24(22,28-6)29-19/h11-14,19H,9-10,15H2,1-8H3/t19-,22+,23+,24+/m1/s1. The molecule has 2 bridgehead atoms. The molecule has 0 radical (unpaired) electrons. The van der Waals surface area contributed by atoms with Crippen LogP contribution in [0.4, 0.5) is 0 Å². The van der Waals surface area contributed by atoms with Crippen LogP contribution < -0.4 is 0 Å². The van der Waals surface area contributed by atoms with E-state index in [1.165, 1.54) is 0 Å². The number of hydrogen-bond acceptors (Lipinski definition) is 5. The van der Waals surface area contributed by atoms with Crippen molar-refractivity contribution in [2.45, 2.75) is 76.7 Å². The van der Waals surface area contributed by atoms with Gasteiger partial charge in [0.15, 0.2) is 20.2 Å². The Labute approximate surface area is 186 Å². The SMILES string of the molecule is CCN(CC)C(=O)[C@@]12C[C@]1(O[Si](C)(C)C(C)(C)C)[C@@H]1O[C@@]2(OC)c2ccccc2C1=O. The molecule has 1 saturated carbocycles. The van der Waals surface area contributed by atoms with Crippen molar-refractivity contribution in [3.8, 4) is 0 Å². The van der Waals surface area contributed by atoms with E-state index in [2.05, 4.69) is 33.9 Å². The van der Waals surface area contributed by atoms with Crippen LogP contribution in [0.2, 0.25) is 18.1 Å². The second-order valence-electron chi connectivity index (χ2n) is 10.5. The van der Waals surface area contributed by atoms with Crippen LogP contribution >= 0.6 is 0 Å². The summed E-state index contributed by atoms with van der Waals surface area (Å²) < 4.78 is 19.5. The van der Waals surface area contributed by atoms with E-state index in [9.17, 15) is 9.59 Å². The van der Waals surface area contributed by atoms with Crippen molar-refractivity contribution in [2.75, 3.05) is 20.2 Å². The van der Waals surface area contributed by atoms with Crippen molar-refractivity contribution in [1.82, 2.24) is 4.90 Å². The van der Waals surface area contributed by atoms with Crippen LogP contribution in [0.3, 0.4) is 0 Å². The molecule has 170 valence electrons. The molecular weight excluding hydrogens is 410 g/mol. The minimum Gasteiger partial charge on any atom is -0.407 e. The highest BCUT2D eigenvalue weighted by molar-refractivity contribution is 6.74. The van der Waals surface area contributed by atoms with Gasteiger partial charge in [0, 0.05) is 37.7 Å². The number of amides is 1. The third kappa shape index (κ3) is 2.55. The fraction of sp³-hybridized carbons (Fsp3) is 0.667. The van der Waals surface area contributed by atoms with Gasteiger partial charge in [0.1, 0.15) is 11.0 Å². The van der Waals surface area contributed by atoms with Gasteiger partial charge < -0.3 is 18.8 Å². The lowest BCUT2D eigenvalue weighted by Crippen LogP contribution is -2.53. The number of hydrogen-bond donors (Lipinski definition) is 0. The van der Waals surface area contributed by atoms with Gasteiger partial charge in [0.2, 0.25) is 11.7 Å². The molecule has 31 heavy (non-hydrogen) atoms. The lowest BCUT2D eigenvalue weighted by atomic mass is 9.84. The second kappa shape index (κ2) is 6.73. The van der Waals surface area contributed by atoms with Crippen molar-refractivity contribution >= 4 is 20.0 Å². The number of rotatable bonds is 6. The van der Waals surface area contributed by atoms with Crippen LogP contribution in [-0.2, 0) is 24.5 Å². The summed E-state index contributed by atoms with van der Waals surface area (Å²) in [5.74, 6) is -1.50. The number of fused-ring (bicyclic) bond motifs is 7. The fourth-order valence-corrected chi connectivity index (χ4v) is 6.97. The Balaban J connectivity index is 1.96. The van der Waals surface area contributed by atoms with E-state index < -0.39 is 31.2 Å². The maximum atomic E-state index is 14.1. The first kappa shape index (κ1) is 22.6. The molecule has 1 aliphatic carbocycles. The van der Waals surface area contributed by atoms with Gasteiger partial charge in [-0.2, -0.15) is 0 Å². The van der Waals surface area contributed by atoms with Crippen molar-refractivity contribution in [3.63, 3.8) is 0 Å². The number of nitrogens with zero attached hydrogens (tertiary/aromatic N) is 1. The fourth-order valence-electron chi connectivity index (χ4n) is 5.40. The van der Waals surface area contributed by atoms with E-state index >= 15 is 0 Å². The minimum absolute atomic E-state index is 0.0509. The number of carbonyl (C=O) groups is 2. The van der Waals surface area contributed by atoms with E-state index in [0.29, 0.717) is 30.6 Å². The molecule has 1 aromatic rings. The normalized spacial score (nSPS) is 33.7. The third-order valence-corrected chi connectivity index (χ3v) is 12.6. The molecule has 4 atom stereocenters. The molecule has 6 nitrogen and oxygen atoms in total. The summed E-state index contributed by atoms with van der Waals surface area (Å²) in [5, 5.41) is -0.0822. The number of Topliss-reactive ketones (excluding diaryl/α,β-unsaturated/α-hetero) is 1. The molecule has 0 aromatic heterocycles. The second-order valence-corrected chi connectivity index (χ2v) is 15.3. The number of ketones is 1. The molecule has 4 rings (SSSR count). The van der Waals surface area contributed by atoms with E-state index in [4.69, 9.17) is 13.9 Å². The Bertz CT molecular complexity index is 936. The zero-order valence-corrected chi connectivity index (χ0v) is 21.0. The lowest BCUT2D eigenvalue weighted by molar-refractivity contribution is -0.258. The van der Waals surface area contributed by atoms with Crippen LogP contribution in [0.25, 0.3) is 0 Å².